The first-order chi connectivity index (χ1) is 5.81. The van der Waals surface area contributed by atoms with E-state index in [1.165, 1.54) is 11.1 Å². The molecule has 12 heavy (non-hydrogen) atoms. The van der Waals surface area contributed by atoms with Crippen molar-refractivity contribution in [2.45, 2.75) is 32.8 Å². The quantitative estimate of drug-likeness (QED) is 0.606. The molecule has 1 aliphatic heterocycles. The highest BCUT2D eigenvalue weighted by Crippen LogP contribution is 2.32. The van der Waals surface area contributed by atoms with Gasteiger partial charge in [0.25, 0.3) is 0 Å². The minimum absolute atomic E-state index is 0.242. The SMILES string of the molecule is CCCC1=CC2=C(C)C=CC2O1. The van der Waals surface area contributed by atoms with E-state index in [4.69, 9.17) is 4.74 Å². The van der Waals surface area contributed by atoms with E-state index < -0.39 is 0 Å². The Morgan fingerprint density at radius 1 is 1.50 bits per heavy atom. The lowest BCUT2D eigenvalue weighted by Gasteiger charge is -2.06. The van der Waals surface area contributed by atoms with E-state index in [0.29, 0.717) is 0 Å². The molecule has 0 saturated heterocycles. The van der Waals surface area contributed by atoms with E-state index in [-0.39, 0.29) is 6.10 Å². The summed E-state index contributed by atoms with van der Waals surface area (Å²) in [5.41, 5.74) is 2.71. The number of fused-ring (bicyclic) bond motifs is 1. The molecule has 1 aliphatic carbocycles. The van der Waals surface area contributed by atoms with Crippen LogP contribution >= 0.6 is 0 Å². The van der Waals surface area contributed by atoms with Gasteiger partial charge in [0.15, 0.2) is 0 Å². The fourth-order valence-electron chi connectivity index (χ4n) is 1.70. The Bertz CT molecular complexity index is 281. The maximum Gasteiger partial charge on any atom is 0.142 e. The second kappa shape index (κ2) is 2.81. The van der Waals surface area contributed by atoms with Crippen LogP contribution in [0, 0.1) is 0 Å². The summed E-state index contributed by atoms with van der Waals surface area (Å²) in [4.78, 5) is 0. The molecular formula is C11H14O. The molecule has 1 atom stereocenters. The van der Waals surface area contributed by atoms with Gasteiger partial charge in [0.2, 0.25) is 0 Å². The van der Waals surface area contributed by atoms with Gasteiger partial charge in [0.05, 0.1) is 5.76 Å². The Kier molecular flexibility index (Phi) is 1.80. The Balaban J connectivity index is 2.18. The molecule has 0 aromatic carbocycles. The van der Waals surface area contributed by atoms with E-state index >= 15 is 0 Å². The second-order valence-electron chi connectivity index (χ2n) is 3.40. The van der Waals surface area contributed by atoms with E-state index in [1.807, 2.05) is 0 Å². The molecule has 0 radical (unpaired) electrons. The van der Waals surface area contributed by atoms with Gasteiger partial charge >= 0.3 is 0 Å². The lowest BCUT2D eigenvalue weighted by Crippen LogP contribution is -2.01. The van der Waals surface area contributed by atoms with Crippen LogP contribution < -0.4 is 0 Å². The Labute approximate surface area is 73.4 Å². The minimum atomic E-state index is 0.242. The second-order valence-corrected chi connectivity index (χ2v) is 3.40. The van der Waals surface area contributed by atoms with E-state index in [2.05, 4.69) is 32.1 Å². The Morgan fingerprint density at radius 2 is 2.33 bits per heavy atom. The first kappa shape index (κ1) is 7.66. The van der Waals surface area contributed by atoms with Crippen molar-refractivity contribution in [1.29, 1.82) is 0 Å². The summed E-state index contributed by atoms with van der Waals surface area (Å²) >= 11 is 0. The molecule has 1 nitrogen and oxygen atoms in total. The molecule has 1 unspecified atom stereocenters. The van der Waals surface area contributed by atoms with Crippen LogP contribution in [0.2, 0.25) is 0 Å². The topological polar surface area (TPSA) is 9.23 Å². The molecule has 64 valence electrons. The van der Waals surface area contributed by atoms with Crippen molar-refractivity contribution in [3.63, 3.8) is 0 Å². The van der Waals surface area contributed by atoms with Crippen molar-refractivity contribution in [1.82, 2.24) is 0 Å². The highest BCUT2D eigenvalue weighted by Gasteiger charge is 2.24. The third-order valence-electron chi connectivity index (χ3n) is 2.37. The first-order valence-corrected chi connectivity index (χ1v) is 4.57. The van der Waals surface area contributed by atoms with Gasteiger partial charge in [-0.05, 0) is 31.1 Å². The normalized spacial score (nSPS) is 25.8. The molecule has 0 bridgehead atoms. The lowest BCUT2D eigenvalue weighted by atomic mass is 10.1. The summed E-state index contributed by atoms with van der Waals surface area (Å²) in [6, 6.07) is 0. The van der Waals surface area contributed by atoms with Crippen LogP contribution in [0.15, 0.2) is 35.1 Å². The summed E-state index contributed by atoms with van der Waals surface area (Å²) in [6.07, 6.45) is 8.94. The van der Waals surface area contributed by atoms with Gasteiger partial charge in [-0.25, -0.2) is 0 Å². The van der Waals surface area contributed by atoms with Crippen LogP contribution in [0.25, 0.3) is 0 Å². The zero-order chi connectivity index (χ0) is 8.55. The molecule has 1 heterocycles. The summed E-state index contributed by atoms with van der Waals surface area (Å²) in [7, 11) is 0. The van der Waals surface area contributed by atoms with E-state index in [9.17, 15) is 0 Å². The highest BCUT2D eigenvalue weighted by molar-refractivity contribution is 5.47. The summed E-state index contributed by atoms with van der Waals surface area (Å²) in [5.74, 6) is 1.15. The van der Waals surface area contributed by atoms with Gasteiger partial charge in [-0.15, -0.1) is 0 Å². The van der Waals surface area contributed by atoms with Gasteiger partial charge in [-0.2, -0.15) is 0 Å². The van der Waals surface area contributed by atoms with E-state index in [1.54, 1.807) is 0 Å². The number of hydrogen-bond donors (Lipinski definition) is 0. The van der Waals surface area contributed by atoms with Crippen molar-refractivity contribution in [2.75, 3.05) is 0 Å². The van der Waals surface area contributed by atoms with E-state index in [0.717, 1.165) is 18.6 Å². The van der Waals surface area contributed by atoms with Crippen LogP contribution in [-0.2, 0) is 4.74 Å². The molecule has 0 N–H and O–H groups in total. The largest absolute Gasteiger partial charge is 0.486 e. The van der Waals surface area contributed by atoms with Gasteiger partial charge in [0.1, 0.15) is 6.10 Å². The van der Waals surface area contributed by atoms with Gasteiger partial charge < -0.3 is 4.74 Å². The minimum Gasteiger partial charge on any atom is -0.486 e. The summed E-state index contributed by atoms with van der Waals surface area (Å²) in [5, 5.41) is 0. The zero-order valence-electron chi connectivity index (χ0n) is 7.63. The fraction of sp³-hybridized carbons (Fsp3) is 0.455. The van der Waals surface area contributed by atoms with Crippen molar-refractivity contribution >= 4 is 0 Å². The molecule has 1 heteroatoms. The van der Waals surface area contributed by atoms with Crippen molar-refractivity contribution in [3.05, 3.63) is 35.1 Å². The third kappa shape index (κ3) is 1.09. The van der Waals surface area contributed by atoms with Crippen molar-refractivity contribution in [3.8, 4) is 0 Å². The molecular weight excluding hydrogens is 148 g/mol. The molecule has 2 rings (SSSR count). The predicted octanol–water partition coefficient (Wildman–Crippen LogP) is 2.96. The third-order valence-corrected chi connectivity index (χ3v) is 2.37. The Morgan fingerprint density at radius 3 is 3.00 bits per heavy atom. The van der Waals surface area contributed by atoms with Gasteiger partial charge in [-0.1, -0.05) is 13.0 Å². The monoisotopic (exact) mass is 162 g/mol. The van der Waals surface area contributed by atoms with Crippen LogP contribution in [0.3, 0.4) is 0 Å². The number of hydrogen-bond acceptors (Lipinski definition) is 1. The summed E-state index contributed by atoms with van der Waals surface area (Å²) < 4.78 is 5.71. The molecule has 0 amide bonds. The number of ether oxygens (including phenoxy) is 1. The molecule has 0 spiro atoms. The molecule has 2 aliphatic rings. The van der Waals surface area contributed by atoms with Crippen molar-refractivity contribution < 1.29 is 4.74 Å². The maximum atomic E-state index is 5.71. The zero-order valence-corrected chi connectivity index (χ0v) is 7.63. The highest BCUT2D eigenvalue weighted by atomic mass is 16.5. The molecule has 0 aromatic heterocycles. The van der Waals surface area contributed by atoms with Crippen LogP contribution in [0.5, 0.6) is 0 Å². The maximum absolute atomic E-state index is 5.71. The van der Waals surface area contributed by atoms with Crippen LogP contribution in [-0.4, -0.2) is 6.10 Å². The number of rotatable bonds is 2. The van der Waals surface area contributed by atoms with Gasteiger partial charge in [-0.3, -0.25) is 0 Å². The molecule has 0 aromatic rings. The fourth-order valence-corrected chi connectivity index (χ4v) is 1.70. The summed E-state index contributed by atoms with van der Waals surface area (Å²) in [6.45, 7) is 4.32. The standard InChI is InChI=1S/C11H14O/c1-3-4-9-7-10-8(2)5-6-11(10)12-9/h5-7,11H,3-4H2,1-2H3. The average Bonchev–Trinajstić information content (AvgIpc) is 2.55. The number of allylic oxidation sites excluding steroid dienone is 3. The average molecular weight is 162 g/mol. The van der Waals surface area contributed by atoms with Gasteiger partial charge in [0, 0.05) is 12.0 Å². The lowest BCUT2D eigenvalue weighted by molar-refractivity contribution is 0.196. The predicted molar refractivity (Wildman–Crippen MR) is 49.7 cm³/mol. The van der Waals surface area contributed by atoms with Crippen LogP contribution in [0.1, 0.15) is 26.7 Å². The molecule has 0 saturated carbocycles. The molecule has 0 fully saturated rings. The smallest absolute Gasteiger partial charge is 0.142 e. The Hall–Kier alpha value is -0.980. The van der Waals surface area contributed by atoms with Crippen molar-refractivity contribution in [2.24, 2.45) is 0 Å². The van der Waals surface area contributed by atoms with Crippen LogP contribution in [0.4, 0.5) is 0 Å². The first-order valence-electron chi connectivity index (χ1n) is 4.57.